The Kier molecular flexibility index (Phi) is 5.80. The second-order valence-corrected chi connectivity index (χ2v) is 5.73. The molecule has 0 aromatic carbocycles. The minimum Gasteiger partial charge on any atom is -0.317 e. The van der Waals surface area contributed by atoms with Crippen molar-refractivity contribution in [3.63, 3.8) is 0 Å². The van der Waals surface area contributed by atoms with Crippen LogP contribution in [0.1, 0.15) is 26.7 Å². The highest BCUT2D eigenvalue weighted by molar-refractivity contribution is 4.88. The fourth-order valence-electron chi connectivity index (χ4n) is 3.22. The molecule has 2 nitrogen and oxygen atoms in total. The second-order valence-electron chi connectivity index (χ2n) is 5.73. The summed E-state index contributed by atoms with van der Waals surface area (Å²) in [6.07, 6.45) is 0.144. The minimum absolute atomic E-state index is 0.116. The Morgan fingerprint density at radius 1 is 1.29 bits per heavy atom. The van der Waals surface area contributed by atoms with Crippen molar-refractivity contribution >= 4 is 0 Å². The molecule has 1 rings (SSSR count). The van der Waals surface area contributed by atoms with Crippen molar-refractivity contribution in [2.24, 2.45) is 17.8 Å². The van der Waals surface area contributed by atoms with Crippen molar-refractivity contribution in [2.75, 3.05) is 27.2 Å². The summed E-state index contributed by atoms with van der Waals surface area (Å²) in [6, 6.07) is 0.467. The van der Waals surface area contributed by atoms with Crippen LogP contribution in [0.5, 0.6) is 0 Å². The first-order valence-electron chi connectivity index (χ1n) is 6.58. The van der Waals surface area contributed by atoms with Crippen molar-refractivity contribution in [1.82, 2.24) is 10.2 Å². The number of rotatable bonds is 5. The Morgan fingerprint density at radius 2 is 1.94 bits per heavy atom. The third-order valence-electron chi connectivity index (χ3n) is 4.02. The molecular weight excluding hydrogens is 222 g/mol. The number of alkyl halides is 2. The van der Waals surface area contributed by atoms with Crippen molar-refractivity contribution in [3.8, 4) is 0 Å². The molecule has 0 bridgehead atoms. The molecular formula is C13H26F2N2. The first kappa shape index (κ1) is 14.8. The highest BCUT2D eigenvalue weighted by Crippen LogP contribution is 2.34. The number of nitrogens with one attached hydrogen (secondary N) is 1. The van der Waals surface area contributed by atoms with Gasteiger partial charge in [0.05, 0.1) is 6.54 Å². The van der Waals surface area contributed by atoms with Crippen molar-refractivity contribution in [1.29, 1.82) is 0 Å². The summed E-state index contributed by atoms with van der Waals surface area (Å²) in [6.45, 7) is 5.18. The van der Waals surface area contributed by atoms with E-state index in [1.54, 1.807) is 11.9 Å². The molecule has 1 saturated carbocycles. The molecule has 1 aliphatic rings. The largest absolute Gasteiger partial charge is 0.317 e. The zero-order valence-corrected chi connectivity index (χ0v) is 11.4. The molecule has 0 heterocycles. The normalized spacial score (nSPS) is 34.6. The predicted molar refractivity (Wildman–Crippen MR) is 67.4 cm³/mol. The van der Waals surface area contributed by atoms with E-state index in [9.17, 15) is 8.78 Å². The van der Waals surface area contributed by atoms with Gasteiger partial charge >= 0.3 is 0 Å². The van der Waals surface area contributed by atoms with Gasteiger partial charge in [-0.2, -0.15) is 0 Å². The molecule has 17 heavy (non-hydrogen) atoms. The fourth-order valence-corrected chi connectivity index (χ4v) is 3.22. The summed E-state index contributed by atoms with van der Waals surface area (Å²) in [4.78, 5) is 1.77. The first-order valence-corrected chi connectivity index (χ1v) is 6.58. The lowest BCUT2D eigenvalue weighted by Gasteiger charge is -2.41. The Morgan fingerprint density at radius 3 is 2.47 bits per heavy atom. The number of halogens is 2. The predicted octanol–water partition coefficient (Wildman–Crippen LogP) is 2.45. The zero-order chi connectivity index (χ0) is 13.0. The summed E-state index contributed by atoms with van der Waals surface area (Å²) in [7, 11) is 3.78. The Balaban J connectivity index is 2.53. The second kappa shape index (κ2) is 6.64. The van der Waals surface area contributed by atoms with Gasteiger partial charge in [-0.15, -0.1) is 0 Å². The van der Waals surface area contributed by atoms with E-state index in [1.165, 1.54) is 6.42 Å². The van der Waals surface area contributed by atoms with Crippen LogP contribution in [0.4, 0.5) is 8.78 Å². The van der Waals surface area contributed by atoms with E-state index in [2.05, 4.69) is 19.2 Å². The minimum atomic E-state index is -2.23. The maximum Gasteiger partial charge on any atom is 0.251 e. The van der Waals surface area contributed by atoms with Crippen LogP contribution in [-0.4, -0.2) is 44.6 Å². The van der Waals surface area contributed by atoms with Gasteiger partial charge in [0.25, 0.3) is 6.43 Å². The van der Waals surface area contributed by atoms with E-state index in [0.717, 1.165) is 18.9 Å². The molecule has 4 heteroatoms. The van der Waals surface area contributed by atoms with E-state index in [1.807, 2.05) is 7.05 Å². The van der Waals surface area contributed by atoms with E-state index >= 15 is 0 Å². The number of hydrogen-bond donors (Lipinski definition) is 1. The number of hydrogen-bond acceptors (Lipinski definition) is 2. The molecule has 0 aromatic heterocycles. The van der Waals surface area contributed by atoms with Crippen LogP contribution < -0.4 is 5.32 Å². The molecule has 0 spiro atoms. The van der Waals surface area contributed by atoms with Gasteiger partial charge in [0.1, 0.15) is 0 Å². The summed E-state index contributed by atoms with van der Waals surface area (Å²) in [5, 5.41) is 3.36. The molecule has 102 valence electrons. The molecule has 4 atom stereocenters. The molecule has 0 amide bonds. The van der Waals surface area contributed by atoms with Crippen LogP contribution in [0, 0.1) is 17.8 Å². The zero-order valence-electron chi connectivity index (χ0n) is 11.4. The van der Waals surface area contributed by atoms with Gasteiger partial charge in [-0.3, -0.25) is 0 Å². The summed E-state index contributed by atoms with van der Waals surface area (Å²) in [5.74, 6) is 1.83. The number of nitrogens with zero attached hydrogens (tertiary/aromatic N) is 1. The lowest BCUT2D eigenvalue weighted by molar-refractivity contribution is 0.0661. The summed E-state index contributed by atoms with van der Waals surface area (Å²) in [5.41, 5.74) is 0. The van der Waals surface area contributed by atoms with Crippen molar-refractivity contribution < 1.29 is 8.78 Å². The molecule has 0 aromatic rings. The summed E-state index contributed by atoms with van der Waals surface area (Å²) < 4.78 is 24.6. The van der Waals surface area contributed by atoms with Gasteiger partial charge in [0.2, 0.25) is 0 Å². The highest BCUT2D eigenvalue weighted by Gasteiger charge is 2.33. The Hall–Kier alpha value is -0.220. The lowest BCUT2D eigenvalue weighted by Crippen LogP contribution is -2.47. The third-order valence-corrected chi connectivity index (χ3v) is 4.02. The summed E-state index contributed by atoms with van der Waals surface area (Å²) >= 11 is 0. The molecule has 1 fully saturated rings. The maximum atomic E-state index is 12.3. The van der Waals surface area contributed by atoms with E-state index in [4.69, 9.17) is 0 Å². The monoisotopic (exact) mass is 248 g/mol. The molecule has 1 N–H and O–H groups in total. The molecule has 0 radical (unpaired) electrons. The lowest BCUT2D eigenvalue weighted by atomic mass is 9.72. The SMILES string of the molecule is CNC1CC(C)CC(C)C1CN(C)CC(F)F. The van der Waals surface area contributed by atoms with Gasteiger partial charge in [-0.25, -0.2) is 8.78 Å². The van der Waals surface area contributed by atoms with Crippen LogP contribution in [0.25, 0.3) is 0 Å². The van der Waals surface area contributed by atoms with Crippen LogP contribution in [0.3, 0.4) is 0 Å². The fraction of sp³-hybridized carbons (Fsp3) is 1.00. The van der Waals surface area contributed by atoms with Gasteiger partial charge in [0.15, 0.2) is 0 Å². The van der Waals surface area contributed by atoms with E-state index in [0.29, 0.717) is 17.9 Å². The van der Waals surface area contributed by atoms with Gasteiger partial charge in [0, 0.05) is 12.6 Å². The third kappa shape index (κ3) is 4.51. The van der Waals surface area contributed by atoms with Gasteiger partial charge in [-0.05, 0) is 44.7 Å². The Labute approximate surface area is 104 Å². The van der Waals surface area contributed by atoms with E-state index in [-0.39, 0.29) is 6.54 Å². The molecule has 1 aliphatic carbocycles. The average molecular weight is 248 g/mol. The standard InChI is InChI=1S/C13H26F2N2/c1-9-5-10(2)11(12(6-9)16-3)7-17(4)8-13(14)15/h9-13,16H,5-8H2,1-4H3. The quantitative estimate of drug-likeness (QED) is 0.804. The molecule has 0 aliphatic heterocycles. The van der Waals surface area contributed by atoms with E-state index < -0.39 is 6.43 Å². The van der Waals surface area contributed by atoms with Crippen molar-refractivity contribution in [3.05, 3.63) is 0 Å². The van der Waals surface area contributed by atoms with Crippen LogP contribution in [0.15, 0.2) is 0 Å². The highest BCUT2D eigenvalue weighted by atomic mass is 19.3. The van der Waals surface area contributed by atoms with Crippen LogP contribution in [-0.2, 0) is 0 Å². The molecule has 0 saturated heterocycles. The molecule has 4 unspecified atom stereocenters. The van der Waals surface area contributed by atoms with Gasteiger partial charge in [-0.1, -0.05) is 13.8 Å². The van der Waals surface area contributed by atoms with Crippen molar-refractivity contribution in [2.45, 2.75) is 39.2 Å². The first-order chi connectivity index (χ1) is 7.93. The van der Waals surface area contributed by atoms with Crippen LogP contribution in [0.2, 0.25) is 0 Å². The maximum absolute atomic E-state index is 12.3. The van der Waals surface area contributed by atoms with Gasteiger partial charge < -0.3 is 10.2 Å². The van der Waals surface area contributed by atoms with Crippen LogP contribution >= 0.6 is 0 Å². The smallest absolute Gasteiger partial charge is 0.251 e. The topological polar surface area (TPSA) is 15.3 Å². The Bertz CT molecular complexity index is 223. The average Bonchev–Trinajstić information content (AvgIpc) is 2.20.